The molecule has 1 unspecified atom stereocenters. The SMILES string of the molecule is CS(=O)(=O)c1ccc(N2CC(O)(Cc3ccccc3)N=C2c2ccc(Cl)cc2)cc1. The van der Waals surface area contributed by atoms with Crippen LogP contribution in [0.3, 0.4) is 0 Å². The zero-order valence-electron chi connectivity index (χ0n) is 16.4. The zero-order valence-corrected chi connectivity index (χ0v) is 17.9. The van der Waals surface area contributed by atoms with Crippen LogP contribution in [0.2, 0.25) is 5.02 Å². The number of aliphatic imine (C=N–C) groups is 1. The van der Waals surface area contributed by atoms with E-state index < -0.39 is 15.6 Å². The third-order valence-electron chi connectivity index (χ3n) is 4.99. The van der Waals surface area contributed by atoms with Gasteiger partial charge in [0, 0.05) is 29.0 Å². The first kappa shape index (κ1) is 20.6. The van der Waals surface area contributed by atoms with E-state index in [0.29, 0.717) is 17.3 Å². The summed E-state index contributed by atoms with van der Waals surface area (Å²) in [6, 6.07) is 23.6. The second-order valence-electron chi connectivity index (χ2n) is 7.44. The third-order valence-corrected chi connectivity index (χ3v) is 6.37. The van der Waals surface area contributed by atoms with Gasteiger partial charge in [-0.2, -0.15) is 0 Å². The zero-order chi connectivity index (χ0) is 21.4. The number of hydrogen-bond acceptors (Lipinski definition) is 5. The van der Waals surface area contributed by atoms with Gasteiger partial charge in [0.25, 0.3) is 0 Å². The van der Waals surface area contributed by atoms with Crippen molar-refractivity contribution >= 4 is 33.0 Å². The second kappa shape index (κ2) is 7.87. The first-order chi connectivity index (χ1) is 14.2. The molecule has 0 radical (unpaired) electrons. The summed E-state index contributed by atoms with van der Waals surface area (Å²) in [5.41, 5.74) is 1.23. The van der Waals surface area contributed by atoms with Gasteiger partial charge in [0.15, 0.2) is 15.6 Å². The molecule has 0 aromatic heterocycles. The molecule has 0 saturated carbocycles. The largest absolute Gasteiger partial charge is 0.367 e. The van der Waals surface area contributed by atoms with Crippen molar-refractivity contribution in [3.63, 3.8) is 0 Å². The molecule has 3 aromatic carbocycles. The number of nitrogens with zero attached hydrogens (tertiary/aromatic N) is 2. The van der Waals surface area contributed by atoms with Crippen molar-refractivity contribution in [2.75, 3.05) is 17.7 Å². The van der Waals surface area contributed by atoms with Gasteiger partial charge < -0.3 is 10.0 Å². The van der Waals surface area contributed by atoms with E-state index in [9.17, 15) is 13.5 Å². The smallest absolute Gasteiger partial charge is 0.180 e. The van der Waals surface area contributed by atoms with Gasteiger partial charge in [-0.1, -0.05) is 41.9 Å². The van der Waals surface area contributed by atoms with Crippen molar-refractivity contribution < 1.29 is 13.5 Å². The highest BCUT2D eigenvalue weighted by Crippen LogP contribution is 2.31. The predicted molar refractivity (Wildman–Crippen MR) is 120 cm³/mol. The van der Waals surface area contributed by atoms with Crippen LogP contribution in [0.4, 0.5) is 5.69 Å². The molecule has 7 heteroatoms. The minimum atomic E-state index is -3.29. The van der Waals surface area contributed by atoms with Crippen LogP contribution in [0.15, 0.2) is 88.8 Å². The lowest BCUT2D eigenvalue weighted by molar-refractivity contribution is 0.0677. The summed E-state index contributed by atoms with van der Waals surface area (Å²) < 4.78 is 23.6. The van der Waals surface area contributed by atoms with E-state index in [1.807, 2.05) is 47.4 Å². The fourth-order valence-corrected chi connectivity index (χ4v) is 4.30. The Balaban J connectivity index is 1.73. The van der Waals surface area contributed by atoms with Gasteiger partial charge in [-0.25, -0.2) is 13.4 Å². The number of benzene rings is 3. The Bertz CT molecular complexity index is 1180. The predicted octanol–water partition coefficient (Wildman–Crippen LogP) is 3.94. The monoisotopic (exact) mass is 440 g/mol. The first-order valence-electron chi connectivity index (χ1n) is 9.43. The lowest BCUT2D eigenvalue weighted by Gasteiger charge is -2.24. The van der Waals surface area contributed by atoms with Crippen molar-refractivity contribution in [1.29, 1.82) is 0 Å². The maximum atomic E-state index is 11.8. The molecule has 5 nitrogen and oxygen atoms in total. The maximum absolute atomic E-state index is 11.8. The Morgan fingerprint density at radius 3 is 2.23 bits per heavy atom. The standard InChI is InChI=1S/C23H21ClN2O3S/c1-30(28,29)21-13-11-20(12-14-21)26-16-23(27,15-17-5-3-2-4-6-17)25-22(26)18-7-9-19(24)10-8-18/h2-14,27H,15-16H2,1H3. The van der Waals surface area contributed by atoms with Crippen LogP contribution in [-0.2, 0) is 16.3 Å². The van der Waals surface area contributed by atoms with E-state index >= 15 is 0 Å². The average molecular weight is 441 g/mol. The Hall–Kier alpha value is -2.67. The Morgan fingerprint density at radius 1 is 1.00 bits per heavy atom. The molecular formula is C23H21ClN2O3S. The molecule has 3 aromatic rings. The maximum Gasteiger partial charge on any atom is 0.180 e. The molecule has 1 aliphatic heterocycles. The van der Waals surface area contributed by atoms with Crippen LogP contribution in [0.25, 0.3) is 0 Å². The highest BCUT2D eigenvalue weighted by molar-refractivity contribution is 7.90. The first-order valence-corrected chi connectivity index (χ1v) is 11.7. The fraction of sp³-hybridized carbons (Fsp3) is 0.174. The number of sulfone groups is 1. The molecule has 1 N–H and O–H groups in total. The molecule has 0 spiro atoms. The topological polar surface area (TPSA) is 70.0 Å². The highest BCUT2D eigenvalue weighted by atomic mass is 35.5. The van der Waals surface area contributed by atoms with Gasteiger partial charge in [-0.3, -0.25) is 0 Å². The molecule has 0 bridgehead atoms. The summed E-state index contributed by atoms with van der Waals surface area (Å²) >= 11 is 6.04. The second-order valence-corrected chi connectivity index (χ2v) is 9.89. The summed E-state index contributed by atoms with van der Waals surface area (Å²) in [6.07, 6.45) is 1.54. The van der Waals surface area contributed by atoms with Crippen LogP contribution in [0, 0.1) is 0 Å². The molecular weight excluding hydrogens is 420 g/mol. The summed E-state index contributed by atoms with van der Waals surface area (Å²) in [5, 5.41) is 11.9. The molecule has 1 heterocycles. The van der Waals surface area contributed by atoms with E-state index in [1.54, 1.807) is 36.4 Å². The number of halogens is 1. The van der Waals surface area contributed by atoms with Crippen molar-refractivity contribution in [2.45, 2.75) is 17.0 Å². The van der Waals surface area contributed by atoms with Gasteiger partial charge in [0.2, 0.25) is 0 Å². The molecule has 1 atom stereocenters. The molecule has 4 rings (SSSR count). The Kier molecular flexibility index (Phi) is 5.40. The van der Waals surface area contributed by atoms with Crippen LogP contribution in [0.1, 0.15) is 11.1 Å². The van der Waals surface area contributed by atoms with Crippen molar-refractivity contribution in [3.8, 4) is 0 Å². The summed E-state index contributed by atoms with van der Waals surface area (Å²) in [4.78, 5) is 6.83. The van der Waals surface area contributed by atoms with Crippen molar-refractivity contribution in [2.24, 2.45) is 4.99 Å². The molecule has 30 heavy (non-hydrogen) atoms. The molecule has 0 fully saturated rings. The normalized spacial score (nSPS) is 19.0. The van der Waals surface area contributed by atoms with Crippen molar-refractivity contribution in [1.82, 2.24) is 0 Å². The number of amidine groups is 1. The van der Waals surface area contributed by atoms with E-state index in [0.717, 1.165) is 16.8 Å². The van der Waals surface area contributed by atoms with E-state index in [-0.39, 0.29) is 11.4 Å². The number of aliphatic hydroxyl groups is 1. The summed E-state index contributed by atoms with van der Waals surface area (Å²) in [6.45, 7) is 0.248. The minimum absolute atomic E-state index is 0.245. The van der Waals surface area contributed by atoms with E-state index in [2.05, 4.69) is 4.99 Å². The average Bonchev–Trinajstić information content (AvgIpc) is 3.06. The van der Waals surface area contributed by atoms with Gasteiger partial charge in [0.05, 0.1) is 11.4 Å². The van der Waals surface area contributed by atoms with Crippen LogP contribution >= 0.6 is 11.6 Å². The molecule has 0 saturated heterocycles. The van der Waals surface area contributed by atoms with Gasteiger partial charge >= 0.3 is 0 Å². The Morgan fingerprint density at radius 2 is 1.63 bits per heavy atom. The minimum Gasteiger partial charge on any atom is -0.367 e. The van der Waals surface area contributed by atoms with Gasteiger partial charge in [0.1, 0.15) is 5.84 Å². The van der Waals surface area contributed by atoms with Crippen LogP contribution in [0.5, 0.6) is 0 Å². The Labute approximate surface area is 181 Å². The van der Waals surface area contributed by atoms with Crippen LogP contribution in [-0.4, -0.2) is 37.9 Å². The van der Waals surface area contributed by atoms with Crippen molar-refractivity contribution in [3.05, 3.63) is 95.0 Å². The molecule has 154 valence electrons. The van der Waals surface area contributed by atoms with E-state index in [1.165, 1.54) is 6.26 Å². The molecule has 0 amide bonds. The number of anilines is 1. The number of hydrogen-bond donors (Lipinski definition) is 1. The number of rotatable bonds is 5. The summed E-state index contributed by atoms with van der Waals surface area (Å²) in [7, 11) is -3.29. The van der Waals surface area contributed by atoms with Crippen LogP contribution < -0.4 is 4.90 Å². The quantitative estimate of drug-likeness (QED) is 0.652. The van der Waals surface area contributed by atoms with Gasteiger partial charge in [-0.15, -0.1) is 0 Å². The van der Waals surface area contributed by atoms with E-state index in [4.69, 9.17) is 11.6 Å². The summed E-state index contributed by atoms with van der Waals surface area (Å²) in [5.74, 6) is 0.609. The number of β-amino-alcohol motifs (C(OH)–C–C–N with tert-alkyl or cyclic N) is 1. The molecule has 1 aliphatic rings. The lowest BCUT2D eigenvalue weighted by atomic mass is 10.0. The fourth-order valence-electron chi connectivity index (χ4n) is 3.55. The lowest BCUT2D eigenvalue weighted by Crippen LogP contribution is -2.37. The third kappa shape index (κ3) is 4.41. The highest BCUT2D eigenvalue weighted by Gasteiger charge is 2.38. The van der Waals surface area contributed by atoms with Gasteiger partial charge in [-0.05, 0) is 54.1 Å². The molecule has 0 aliphatic carbocycles.